The maximum absolute atomic E-state index is 10.1. The molecule has 23 heavy (non-hydrogen) atoms. The lowest BCUT2D eigenvalue weighted by Gasteiger charge is -1.96. The van der Waals surface area contributed by atoms with E-state index >= 15 is 0 Å². The molecule has 0 amide bonds. The number of carboxylic acids is 1. The first kappa shape index (κ1) is 17.9. The summed E-state index contributed by atoms with van der Waals surface area (Å²) >= 11 is 0. The molecular weight excluding hydrogens is 284 g/mol. The van der Waals surface area contributed by atoms with E-state index in [4.69, 9.17) is 5.11 Å². The van der Waals surface area contributed by atoms with Crippen LogP contribution in [0.25, 0.3) is 18.2 Å². The van der Waals surface area contributed by atoms with Crippen LogP contribution in [0.3, 0.4) is 0 Å². The van der Waals surface area contributed by atoms with Crippen molar-refractivity contribution < 1.29 is 9.90 Å². The van der Waals surface area contributed by atoms with Gasteiger partial charge in [-0.1, -0.05) is 98.1 Å². The summed E-state index contributed by atoms with van der Waals surface area (Å²) in [5.74, 6) is -0.933. The number of rotatable bonds is 5. The fourth-order valence-corrected chi connectivity index (χ4v) is 1.75. The molecule has 2 rings (SSSR count). The van der Waals surface area contributed by atoms with Gasteiger partial charge in [0.1, 0.15) is 0 Å². The summed E-state index contributed by atoms with van der Waals surface area (Å²) in [6.07, 6.45) is 9.80. The minimum absolute atomic E-state index is 0.933. The van der Waals surface area contributed by atoms with Crippen molar-refractivity contribution in [1.82, 2.24) is 0 Å². The van der Waals surface area contributed by atoms with Gasteiger partial charge in [0.05, 0.1) is 0 Å². The second-order valence-corrected chi connectivity index (χ2v) is 4.50. The minimum Gasteiger partial charge on any atom is -0.478 e. The molecule has 0 heterocycles. The van der Waals surface area contributed by atoms with E-state index in [1.165, 1.54) is 6.08 Å². The molecule has 1 N–H and O–H groups in total. The Labute approximate surface area is 137 Å². The van der Waals surface area contributed by atoms with Crippen molar-refractivity contribution in [2.75, 3.05) is 0 Å². The molecule has 0 aromatic heterocycles. The highest BCUT2D eigenvalue weighted by Crippen LogP contribution is 2.10. The van der Waals surface area contributed by atoms with Gasteiger partial charge in [-0.25, -0.2) is 4.79 Å². The van der Waals surface area contributed by atoms with Gasteiger partial charge in [0.15, 0.2) is 0 Å². The molecular formula is C21H20O2. The highest BCUT2D eigenvalue weighted by atomic mass is 16.4. The SMILES string of the molecule is C=Cc1ccccc1C=C.O=C(O)C=CC=Cc1ccccc1. The number of carbonyl (C=O) groups is 1. The van der Waals surface area contributed by atoms with Gasteiger partial charge < -0.3 is 5.11 Å². The van der Waals surface area contributed by atoms with E-state index < -0.39 is 5.97 Å². The van der Waals surface area contributed by atoms with Crippen LogP contribution in [0, 0.1) is 0 Å². The maximum Gasteiger partial charge on any atom is 0.328 e. The number of aliphatic carboxylic acids is 1. The van der Waals surface area contributed by atoms with Crippen LogP contribution in [0.5, 0.6) is 0 Å². The Morgan fingerprint density at radius 2 is 1.35 bits per heavy atom. The molecule has 116 valence electrons. The molecule has 2 nitrogen and oxygen atoms in total. The number of hydrogen-bond acceptors (Lipinski definition) is 1. The summed E-state index contributed by atoms with van der Waals surface area (Å²) in [5, 5.41) is 8.29. The lowest BCUT2D eigenvalue weighted by Crippen LogP contribution is -1.84. The standard InChI is InChI=1S/C11H10O2.C10H10/c12-11(13)9-5-4-8-10-6-2-1-3-7-10;1-3-9-7-5-6-8-10(9)4-2/h1-9H,(H,12,13);3-8H,1-2H2. The van der Waals surface area contributed by atoms with Crippen molar-refractivity contribution >= 4 is 24.2 Å². The van der Waals surface area contributed by atoms with Gasteiger partial charge in [-0.05, 0) is 16.7 Å². The molecule has 0 saturated heterocycles. The Balaban J connectivity index is 0.000000238. The van der Waals surface area contributed by atoms with Gasteiger partial charge in [-0.3, -0.25) is 0 Å². The van der Waals surface area contributed by atoms with Crippen molar-refractivity contribution in [2.45, 2.75) is 0 Å². The molecule has 0 bridgehead atoms. The van der Waals surface area contributed by atoms with Gasteiger partial charge in [0, 0.05) is 6.08 Å². The first-order valence-corrected chi connectivity index (χ1v) is 7.14. The van der Waals surface area contributed by atoms with Crippen LogP contribution >= 0.6 is 0 Å². The monoisotopic (exact) mass is 304 g/mol. The van der Waals surface area contributed by atoms with E-state index in [2.05, 4.69) is 13.2 Å². The average Bonchev–Trinajstić information content (AvgIpc) is 2.60. The highest BCUT2D eigenvalue weighted by molar-refractivity contribution is 5.80. The van der Waals surface area contributed by atoms with Crippen molar-refractivity contribution in [3.05, 3.63) is 103 Å². The zero-order valence-corrected chi connectivity index (χ0v) is 12.9. The second kappa shape index (κ2) is 10.6. The summed E-state index contributed by atoms with van der Waals surface area (Å²) in [4.78, 5) is 10.1. The van der Waals surface area contributed by atoms with E-state index in [9.17, 15) is 4.79 Å². The summed E-state index contributed by atoms with van der Waals surface area (Å²) in [7, 11) is 0. The fraction of sp³-hybridized carbons (Fsp3) is 0. The van der Waals surface area contributed by atoms with Crippen molar-refractivity contribution in [1.29, 1.82) is 0 Å². The lowest BCUT2D eigenvalue weighted by molar-refractivity contribution is -0.131. The van der Waals surface area contributed by atoms with Gasteiger partial charge in [-0.2, -0.15) is 0 Å². The third kappa shape index (κ3) is 7.44. The normalized spacial score (nSPS) is 10.1. The Hall–Kier alpha value is -3.13. The Morgan fingerprint density at radius 1 is 0.826 bits per heavy atom. The molecule has 0 aliphatic carbocycles. The molecule has 0 atom stereocenters. The predicted molar refractivity (Wildman–Crippen MR) is 98.9 cm³/mol. The quantitative estimate of drug-likeness (QED) is 0.600. The average molecular weight is 304 g/mol. The van der Waals surface area contributed by atoms with Gasteiger partial charge in [0.2, 0.25) is 0 Å². The molecule has 2 heteroatoms. The minimum atomic E-state index is -0.933. The van der Waals surface area contributed by atoms with Crippen LogP contribution in [-0.2, 0) is 4.79 Å². The van der Waals surface area contributed by atoms with Crippen LogP contribution < -0.4 is 0 Å². The fourth-order valence-electron chi connectivity index (χ4n) is 1.75. The number of carboxylic acid groups (broad SMARTS) is 1. The molecule has 0 saturated carbocycles. The maximum atomic E-state index is 10.1. The molecule has 0 spiro atoms. The van der Waals surface area contributed by atoms with Crippen LogP contribution in [0.1, 0.15) is 16.7 Å². The molecule has 0 aliphatic rings. The molecule has 0 radical (unpaired) electrons. The van der Waals surface area contributed by atoms with Gasteiger partial charge >= 0.3 is 5.97 Å². The van der Waals surface area contributed by atoms with E-state index in [1.807, 2.05) is 72.8 Å². The Kier molecular flexibility index (Phi) is 8.24. The highest BCUT2D eigenvalue weighted by Gasteiger charge is 1.89. The molecule has 2 aromatic rings. The van der Waals surface area contributed by atoms with Crippen LogP contribution in [0.4, 0.5) is 0 Å². The van der Waals surface area contributed by atoms with Gasteiger partial charge in [-0.15, -0.1) is 0 Å². The third-order valence-electron chi connectivity index (χ3n) is 2.87. The molecule has 2 aromatic carbocycles. The Bertz CT molecular complexity index is 668. The van der Waals surface area contributed by atoms with Crippen molar-refractivity contribution in [3.63, 3.8) is 0 Å². The van der Waals surface area contributed by atoms with E-state index in [0.29, 0.717) is 0 Å². The summed E-state index contributed by atoms with van der Waals surface area (Å²) in [6, 6.07) is 17.7. The Morgan fingerprint density at radius 3 is 1.83 bits per heavy atom. The van der Waals surface area contributed by atoms with Gasteiger partial charge in [0.25, 0.3) is 0 Å². The summed E-state index contributed by atoms with van der Waals surface area (Å²) < 4.78 is 0. The summed E-state index contributed by atoms with van der Waals surface area (Å²) in [6.45, 7) is 7.38. The third-order valence-corrected chi connectivity index (χ3v) is 2.87. The molecule has 0 aliphatic heterocycles. The summed E-state index contributed by atoms with van der Waals surface area (Å²) in [5.41, 5.74) is 3.33. The van der Waals surface area contributed by atoms with Crippen LogP contribution in [0.15, 0.2) is 86.0 Å². The first-order valence-electron chi connectivity index (χ1n) is 7.14. The molecule has 0 unspecified atom stereocenters. The number of hydrogen-bond donors (Lipinski definition) is 1. The molecule has 0 fully saturated rings. The van der Waals surface area contributed by atoms with Crippen molar-refractivity contribution in [3.8, 4) is 0 Å². The number of benzene rings is 2. The predicted octanol–water partition coefficient (Wildman–Crippen LogP) is 5.31. The second-order valence-electron chi connectivity index (χ2n) is 4.50. The van der Waals surface area contributed by atoms with E-state index in [-0.39, 0.29) is 0 Å². The largest absolute Gasteiger partial charge is 0.478 e. The van der Waals surface area contributed by atoms with E-state index in [1.54, 1.807) is 6.08 Å². The van der Waals surface area contributed by atoms with Crippen molar-refractivity contribution in [2.24, 2.45) is 0 Å². The zero-order valence-electron chi connectivity index (χ0n) is 12.9. The smallest absolute Gasteiger partial charge is 0.328 e. The lowest BCUT2D eigenvalue weighted by atomic mass is 10.1. The van der Waals surface area contributed by atoms with Crippen LogP contribution in [0.2, 0.25) is 0 Å². The van der Waals surface area contributed by atoms with E-state index in [0.717, 1.165) is 22.8 Å². The number of allylic oxidation sites excluding steroid dienone is 2. The zero-order chi connectivity index (χ0) is 16.9. The topological polar surface area (TPSA) is 37.3 Å². The van der Waals surface area contributed by atoms with Crippen LogP contribution in [-0.4, -0.2) is 11.1 Å². The first-order chi connectivity index (χ1) is 11.2.